The first-order valence-electron chi connectivity index (χ1n) is 6.44. The maximum Gasteiger partial charge on any atom is 0.251 e. The monoisotopic (exact) mass is 326 g/mol. The fourth-order valence-corrected chi connectivity index (χ4v) is 2.53. The molecule has 0 aliphatic carbocycles. The fraction of sp³-hybridized carbons (Fsp3) is 0.462. The number of sulfonamides is 1. The van der Waals surface area contributed by atoms with Crippen molar-refractivity contribution in [2.75, 3.05) is 27.7 Å². The van der Waals surface area contributed by atoms with Gasteiger partial charge in [0.2, 0.25) is 15.9 Å². The molecule has 0 fully saturated rings. The van der Waals surface area contributed by atoms with Gasteiger partial charge in [0.05, 0.1) is 17.4 Å². The van der Waals surface area contributed by atoms with Crippen molar-refractivity contribution >= 4 is 15.9 Å². The average Bonchev–Trinajstić information content (AvgIpc) is 2.46. The molecule has 1 aromatic rings. The van der Waals surface area contributed by atoms with Crippen molar-refractivity contribution in [3.8, 4) is 6.07 Å². The van der Waals surface area contributed by atoms with Crippen LogP contribution in [-0.4, -0.2) is 55.8 Å². The molecule has 0 saturated heterocycles. The van der Waals surface area contributed by atoms with Crippen molar-refractivity contribution in [3.63, 3.8) is 0 Å². The minimum Gasteiger partial charge on any atom is -0.343 e. The van der Waals surface area contributed by atoms with Crippen LogP contribution in [0, 0.1) is 11.3 Å². The number of nitrogens with zero attached hydrogens (tertiary/aromatic N) is 4. The number of aromatic nitrogens is 1. The van der Waals surface area contributed by atoms with E-state index in [9.17, 15) is 18.0 Å². The summed E-state index contributed by atoms with van der Waals surface area (Å²) in [6, 6.07) is 4.24. The van der Waals surface area contributed by atoms with Crippen LogP contribution in [0.4, 0.5) is 0 Å². The predicted octanol–water partition coefficient (Wildman–Crippen LogP) is -0.529. The summed E-state index contributed by atoms with van der Waals surface area (Å²) in [7, 11) is 0.599. The summed E-state index contributed by atoms with van der Waals surface area (Å²) >= 11 is 0. The highest BCUT2D eigenvalue weighted by molar-refractivity contribution is 7.89. The third-order valence-corrected chi connectivity index (χ3v) is 4.82. The number of hydrogen-bond acceptors (Lipinski definition) is 5. The third-order valence-electron chi connectivity index (χ3n) is 3.03. The molecule has 0 atom stereocenters. The number of likely N-dealkylation sites (N-methyl/N-ethyl adjacent to an activating group) is 1. The Bertz CT molecular complexity index is 746. The predicted molar refractivity (Wildman–Crippen MR) is 79.4 cm³/mol. The van der Waals surface area contributed by atoms with Gasteiger partial charge in [-0.1, -0.05) is 0 Å². The second-order valence-corrected chi connectivity index (χ2v) is 6.99. The van der Waals surface area contributed by atoms with Gasteiger partial charge in [0.25, 0.3) is 5.56 Å². The van der Waals surface area contributed by atoms with Gasteiger partial charge in [0.1, 0.15) is 6.54 Å². The van der Waals surface area contributed by atoms with Crippen LogP contribution < -0.4 is 5.56 Å². The molecule has 0 aliphatic heterocycles. The molecule has 1 amide bonds. The van der Waals surface area contributed by atoms with Gasteiger partial charge in [-0.25, -0.2) is 12.7 Å². The van der Waals surface area contributed by atoms with E-state index in [2.05, 4.69) is 0 Å². The van der Waals surface area contributed by atoms with Gasteiger partial charge in [-0.15, -0.1) is 0 Å². The molecule has 0 aliphatic rings. The molecule has 1 aromatic heterocycles. The van der Waals surface area contributed by atoms with Crippen molar-refractivity contribution in [2.24, 2.45) is 0 Å². The standard InChI is InChI=1S/C13H18N4O4S/c1-15(2)22(20,21)11-5-6-12(18)17(9-11)10-13(19)16(3)8-4-7-14/h5-6,9H,4,8,10H2,1-3H3. The summed E-state index contributed by atoms with van der Waals surface area (Å²) in [6.45, 7) is -0.0304. The van der Waals surface area contributed by atoms with Gasteiger partial charge in [-0.3, -0.25) is 9.59 Å². The zero-order chi connectivity index (χ0) is 16.9. The van der Waals surface area contributed by atoms with Gasteiger partial charge in [0, 0.05) is 40.0 Å². The second-order valence-electron chi connectivity index (χ2n) is 4.84. The first kappa shape index (κ1) is 17.9. The zero-order valence-corrected chi connectivity index (χ0v) is 13.5. The lowest BCUT2D eigenvalue weighted by Crippen LogP contribution is -2.34. The molecule has 120 valence electrons. The van der Waals surface area contributed by atoms with Gasteiger partial charge in [0.15, 0.2) is 0 Å². The van der Waals surface area contributed by atoms with E-state index in [-0.39, 0.29) is 30.3 Å². The molecule has 0 N–H and O–H groups in total. The van der Waals surface area contributed by atoms with E-state index >= 15 is 0 Å². The molecule has 22 heavy (non-hydrogen) atoms. The van der Waals surface area contributed by atoms with Crippen LogP contribution >= 0.6 is 0 Å². The van der Waals surface area contributed by atoms with E-state index in [1.165, 1.54) is 32.1 Å². The molecule has 0 radical (unpaired) electrons. The first-order chi connectivity index (χ1) is 10.2. The lowest BCUT2D eigenvalue weighted by atomic mass is 10.4. The van der Waals surface area contributed by atoms with Gasteiger partial charge < -0.3 is 9.47 Å². The van der Waals surface area contributed by atoms with Crippen molar-refractivity contribution < 1.29 is 13.2 Å². The molecule has 1 heterocycles. The normalized spacial score (nSPS) is 11.2. The summed E-state index contributed by atoms with van der Waals surface area (Å²) < 4.78 is 26.1. The second kappa shape index (κ2) is 7.20. The zero-order valence-electron chi connectivity index (χ0n) is 12.7. The highest BCUT2D eigenvalue weighted by atomic mass is 32.2. The van der Waals surface area contributed by atoms with E-state index < -0.39 is 15.6 Å². The number of carbonyl (C=O) groups excluding carboxylic acids is 1. The van der Waals surface area contributed by atoms with Crippen molar-refractivity contribution in [1.29, 1.82) is 5.26 Å². The Morgan fingerprint density at radius 2 is 1.95 bits per heavy atom. The summed E-state index contributed by atoms with van der Waals surface area (Å²) in [5.41, 5.74) is -0.472. The lowest BCUT2D eigenvalue weighted by Gasteiger charge is -2.17. The van der Waals surface area contributed by atoms with Crippen LogP contribution in [0.5, 0.6) is 0 Å². The van der Waals surface area contributed by atoms with Crippen LogP contribution in [0.25, 0.3) is 0 Å². The van der Waals surface area contributed by atoms with Crippen molar-refractivity contribution in [3.05, 3.63) is 28.7 Å². The Morgan fingerprint density at radius 1 is 1.32 bits per heavy atom. The highest BCUT2D eigenvalue weighted by Crippen LogP contribution is 2.10. The summed E-state index contributed by atoms with van der Waals surface area (Å²) in [5, 5.41) is 8.49. The van der Waals surface area contributed by atoms with Crippen LogP contribution in [0.1, 0.15) is 6.42 Å². The van der Waals surface area contributed by atoms with E-state index in [0.717, 1.165) is 21.1 Å². The molecule has 0 unspecified atom stereocenters. The Balaban J connectivity index is 3.05. The van der Waals surface area contributed by atoms with E-state index in [1.807, 2.05) is 6.07 Å². The van der Waals surface area contributed by atoms with Crippen LogP contribution in [0.3, 0.4) is 0 Å². The molecular formula is C13H18N4O4S. The molecule has 0 bridgehead atoms. The Hall–Kier alpha value is -2.18. The highest BCUT2D eigenvalue weighted by Gasteiger charge is 2.19. The van der Waals surface area contributed by atoms with Gasteiger partial charge >= 0.3 is 0 Å². The minimum atomic E-state index is -3.68. The molecule has 0 spiro atoms. The number of amides is 1. The number of rotatable bonds is 6. The molecule has 0 aromatic carbocycles. The topological polar surface area (TPSA) is 103 Å². The van der Waals surface area contributed by atoms with E-state index in [4.69, 9.17) is 5.26 Å². The molecular weight excluding hydrogens is 308 g/mol. The minimum absolute atomic E-state index is 0.0652. The van der Waals surface area contributed by atoms with E-state index in [1.54, 1.807) is 0 Å². The van der Waals surface area contributed by atoms with Crippen LogP contribution in [-0.2, 0) is 21.4 Å². The fourth-order valence-electron chi connectivity index (χ4n) is 1.61. The number of hydrogen-bond donors (Lipinski definition) is 0. The average molecular weight is 326 g/mol. The smallest absolute Gasteiger partial charge is 0.251 e. The van der Waals surface area contributed by atoms with Crippen LogP contribution in [0.15, 0.2) is 28.0 Å². The van der Waals surface area contributed by atoms with Crippen LogP contribution in [0.2, 0.25) is 0 Å². The maximum absolute atomic E-state index is 12.0. The molecule has 1 rings (SSSR count). The number of pyridine rings is 1. The summed E-state index contributed by atoms with van der Waals surface area (Å²) in [4.78, 5) is 25.0. The largest absolute Gasteiger partial charge is 0.343 e. The Morgan fingerprint density at radius 3 is 2.50 bits per heavy atom. The van der Waals surface area contributed by atoms with Crippen molar-refractivity contribution in [1.82, 2.24) is 13.8 Å². The summed E-state index contributed by atoms with van der Waals surface area (Å²) in [5.74, 6) is -0.378. The Labute approximate surface area is 129 Å². The lowest BCUT2D eigenvalue weighted by molar-refractivity contribution is -0.130. The quantitative estimate of drug-likeness (QED) is 0.699. The molecule has 8 nitrogen and oxygen atoms in total. The summed E-state index contributed by atoms with van der Waals surface area (Å²) in [6.07, 6.45) is 1.33. The van der Waals surface area contributed by atoms with Gasteiger partial charge in [-0.2, -0.15) is 5.26 Å². The van der Waals surface area contributed by atoms with Gasteiger partial charge in [-0.05, 0) is 6.07 Å². The third kappa shape index (κ3) is 4.16. The Kier molecular flexibility index (Phi) is 5.84. The number of nitriles is 1. The number of carbonyl (C=O) groups is 1. The SMILES string of the molecule is CN(CCC#N)C(=O)Cn1cc(S(=O)(=O)N(C)C)ccc1=O. The van der Waals surface area contributed by atoms with E-state index in [0.29, 0.717) is 0 Å². The maximum atomic E-state index is 12.0. The van der Waals surface area contributed by atoms with Crippen molar-refractivity contribution in [2.45, 2.75) is 17.9 Å². The molecule has 9 heteroatoms. The first-order valence-corrected chi connectivity index (χ1v) is 7.88. The molecule has 0 saturated carbocycles.